The molecule has 1 unspecified atom stereocenters. The van der Waals surface area contributed by atoms with Gasteiger partial charge >= 0.3 is 0 Å². The van der Waals surface area contributed by atoms with Crippen molar-refractivity contribution in [3.8, 4) is 0 Å². The number of nitrogens with zero attached hydrogens (tertiary/aromatic N) is 2. The summed E-state index contributed by atoms with van der Waals surface area (Å²) in [5.41, 5.74) is 0. The Bertz CT molecular complexity index is 141. The van der Waals surface area contributed by atoms with E-state index in [0.717, 1.165) is 12.1 Å². The molecule has 2 heteroatoms. The zero-order valence-electron chi connectivity index (χ0n) is 9.58. The van der Waals surface area contributed by atoms with Crippen LogP contribution >= 0.6 is 0 Å². The molecule has 1 rings (SSSR count). The third-order valence-corrected chi connectivity index (χ3v) is 3.25. The van der Waals surface area contributed by atoms with E-state index in [-0.39, 0.29) is 0 Å². The predicted octanol–water partition coefficient (Wildman–Crippen LogP) is 1.81. The lowest BCUT2D eigenvalue weighted by atomic mass is 10.2. The van der Waals surface area contributed by atoms with Crippen LogP contribution in [0.3, 0.4) is 0 Å². The fourth-order valence-electron chi connectivity index (χ4n) is 2.28. The number of hydrogen-bond donors (Lipinski definition) is 0. The third-order valence-electron chi connectivity index (χ3n) is 3.25. The van der Waals surface area contributed by atoms with Crippen molar-refractivity contribution in [2.75, 3.05) is 26.2 Å². The molecular weight excluding hydrogens is 160 g/mol. The summed E-state index contributed by atoms with van der Waals surface area (Å²) in [4.78, 5) is 5.17. The molecule has 1 aliphatic rings. The standard InChI is InChI=1S/C11H24N2/c1-5-12(6-2)11-7-8-13(9-11)10(3)4/h10-11H,5-9H2,1-4H3. The lowest BCUT2D eigenvalue weighted by molar-refractivity contribution is 0.198. The van der Waals surface area contributed by atoms with Gasteiger partial charge in [0, 0.05) is 25.2 Å². The third kappa shape index (κ3) is 2.68. The second-order valence-electron chi connectivity index (χ2n) is 4.25. The van der Waals surface area contributed by atoms with Crippen molar-refractivity contribution < 1.29 is 0 Å². The molecule has 0 aromatic heterocycles. The quantitative estimate of drug-likeness (QED) is 0.657. The summed E-state index contributed by atoms with van der Waals surface area (Å²) in [7, 11) is 0. The Morgan fingerprint density at radius 1 is 1.31 bits per heavy atom. The van der Waals surface area contributed by atoms with Crippen molar-refractivity contribution in [3.05, 3.63) is 0 Å². The smallest absolute Gasteiger partial charge is 0.0235 e. The lowest BCUT2D eigenvalue weighted by Crippen LogP contribution is -2.38. The Kier molecular flexibility index (Phi) is 4.20. The molecule has 2 nitrogen and oxygen atoms in total. The molecule has 0 aliphatic carbocycles. The molecule has 1 saturated heterocycles. The molecule has 13 heavy (non-hydrogen) atoms. The van der Waals surface area contributed by atoms with Gasteiger partial charge in [0.05, 0.1) is 0 Å². The van der Waals surface area contributed by atoms with Crippen molar-refractivity contribution in [1.29, 1.82) is 0 Å². The first-order chi connectivity index (χ1) is 6.19. The average Bonchev–Trinajstić information content (AvgIpc) is 2.56. The lowest BCUT2D eigenvalue weighted by Gasteiger charge is -2.27. The highest BCUT2D eigenvalue weighted by Gasteiger charge is 2.26. The molecule has 78 valence electrons. The molecule has 0 amide bonds. The predicted molar refractivity (Wildman–Crippen MR) is 58.0 cm³/mol. The molecule has 0 aromatic carbocycles. The van der Waals surface area contributed by atoms with Gasteiger partial charge in [-0.2, -0.15) is 0 Å². The zero-order chi connectivity index (χ0) is 9.84. The van der Waals surface area contributed by atoms with Crippen LogP contribution in [-0.4, -0.2) is 48.1 Å². The summed E-state index contributed by atoms with van der Waals surface area (Å²) in [6, 6.07) is 1.54. The SMILES string of the molecule is CCN(CC)C1CCN(C(C)C)C1. The largest absolute Gasteiger partial charge is 0.300 e. The first-order valence-electron chi connectivity index (χ1n) is 5.67. The van der Waals surface area contributed by atoms with Crippen LogP contribution in [0, 0.1) is 0 Å². The van der Waals surface area contributed by atoms with E-state index >= 15 is 0 Å². The summed E-state index contributed by atoms with van der Waals surface area (Å²) in [6.45, 7) is 14.1. The average molecular weight is 184 g/mol. The normalized spacial score (nSPS) is 24.9. The summed E-state index contributed by atoms with van der Waals surface area (Å²) in [5.74, 6) is 0. The van der Waals surface area contributed by atoms with E-state index in [1.807, 2.05) is 0 Å². The van der Waals surface area contributed by atoms with Crippen molar-refractivity contribution >= 4 is 0 Å². The second-order valence-corrected chi connectivity index (χ2v) is 4.25. The first-order valence-corrected chi connectivity index (χ1v) is 5.67. The molecule has 1 aliphatic heterocycles. The number of likely N-dealkylation sites (N-methyl/N-ethyl adjacent to an activating group) is 1. The number of hydrogen-bond acceptors (Lipinski definition) is 2. The van der Waals surface area contributed by atoms with E-state index in [1.54, 1.807) is 0 Å². The van der Waals surface area contributed by atoms with Gasteiger partial charge in [-0.05, 0) is 33.4 Å². The highest BCUT2D eigenvalue weighted by Crippen LogP contribution is 2.17. The van der Waals surface area contributed by atoms with Gasteiger partial charge in [0.25, 0.3) is 0 Å². The summed E-state index contributed by atoms with van der Waals surface area (Å²) < 4.78 is 0. The van der Waals surface area contributed by atoms with Gasteiger partial charge in [-0.1, -0.05) is 13.8 Å². The van der Waals surface area contributed by atoms with Crippen LogP contribution in [-0.2, 0) is 0 Å². The van der Waals surface area contributed by atoms with E-state index in [1.165, 1.54) is 32.6 Å². The minimum atomic E-state index is 0.723. The number of likely N-dealkylation sites (tertiary alicyclic amines) is 1. The van der Waals surface area contributed by atoms with Gasteiger partial charge in [0.2, 0.25) is 0 Å². The van der Waals surface area contributed by atoms with Gasteiger partial charge in [-0.25, -0.2) is 0 Å². The molecule has 1 atom stereocenters. The van der Waals surface area contributed by atoms with Crippen LogP contribution in [0.1, 0.15) is 34.1 Å². The first kappa shape index (κ1) is 11.0. The monoisotopic (exact) mass is 184 g/mol. The van der Waals surface area contributed by atoms with E-state index in [9.17, 15) is 0 Å². The van der Waals surface area contributed by atoms with Gasteiger partial charge < -0.3 is 0 Å². The van der Waals surface area contributed by atoms with Crippen LogP contribution in [0.25, 0.3) is 0 Å². The molecule has 1 fully saturated rings. The highest BCUT2D eigenvalue weighted by atomic mass is 15.3. The molecule has 1 heterocycles. The fourth-order valence-corrected chi connectivity index (χ4v) is 2.28. The molecule has 0 bridgehead atoms. The maximum Gasteiger partial charge on any atom is 0.0235 e. The van der Waals surface area contributed by atoms with Gasteiger partial charge in [-0.15, -0.1) is 0 Å². The Morgan fingerprint density at radius 2 is 1.92 bits per heavy atom. The molecule has 0 radical (unpaired) electrons. The maximum absolute atomic E-state index is 2.59. The van der Waals surface area contributed by atoms with Crippen LogP contribution in [0.5, 0.6) is 0 Å². The Morgan fingerprint density at radius 3 is 2.31 bits per heavy atom. The van der Waals surface area contributed by atoms with E-state index in [2.05, 4.69) is 37.5 Å². The molecule has 0 aromatic rings. The van der Waals surface area contributed by atoms with E-state index in [4.69, 9.17) is 0 Å². The van der Waals surface area contributed by atoms with E-state index in [0.29, 0.717) is 0 Å². The molecule has 0 N–H and O–H groups in total. The van der Waals surface area contributed by atoms with Crippen molar-refractivity contribution in [2.24, 2.45) is 0 Å². The Hall–Kier alpha value is -0.0800. The minimum Gasteiger partial charge on any atom is -0.300 e. The van der Waals surface area contributed by atoms with Crippen LogP contribution in [0.2, 0.25) is 0 Å². The summed E-state index contributed by atoms with van der Waals surface area (Å²) in [6.07, 6.45) is 1.36. The van der Waals surface area contributed by atoms with Crippen LogP contribution in [0.15, 0.2) is 0 Å². The van der Waals surface area contributed by atoms with Gasteiger partial charge in [0.15, 0.2) is 0 Å². The molecule has 0 spiro atoms. The second kappa shape index (κ2) is 4.97. The Balaban J connectivity index is 2.39. The van der Waals surface area contributed by atoms with E-state index < -0.39 is 0 Å². The fraction of sp³-hybridized carbons (Fsp3) is 1.00. The van der Waals surface area contributed by atoms with Crippen LogP contribution in [0.4, 0.5) is 0 Å². The van der Waals surface area contributed by atoms with Gasteiger partial charge in [0.1, 0.15) is 0 Å². The zero-order valence-corrected chi connectivity index (χ0v) is 9.58. The van der Waals surface area contributed by atoms with Crippen molar-refractivity contribution in [2.45, 2.75) is 46.2 Å². The molecular formula is C11H24N2. The minimum absolute atomic E-state index is 0.723. The maximum atomic E-state index is 2.59. The van der Waals surface area contributed by atoms with Crippen molar-refractivity contribution in [1.82, 2.24) is 9.80 Å². The van der Waals surface area contributed by atoms with Crippen LogP contribution < -0.4 is 0 Å². The highest BCUT2D eigenvalue weighted by molar-refractivity contribution is 4.83. The summed E-state index contributed by atoms with van der Waals surface area (Å²) in [5, 5.41) is 0. The van der Waals surface area contributed by atoms with Gasteiger partial charge in [-0.3, -0.25) is 9.80 Å². The topological polar surface area (TPSA) is 6.48 Å². The Labute approximate surface area is 82.9 Å². The van der Waals surface area contributed by atoms with Crippen molar-refractivity contribution in [3.63, 3.8) is 0 Å². The molecule has 0 saturated carbocycles. The number of rotatable bonds is 4. The summed E-state index contributed by atoms with van der Waals surface area (Å²) >= 11 is 0.